The number of imide groups is 2. The van der Waals surface area contributed by atoms with Gasteiger partial charge in [-0.1, -0.05) is 121 Å². The molecule has 4 heterocycles. The number of rotatable bonds is 9. The lowest BCUT2D eigenvalue weighted by atomic mass is 9.58. The lowest BCUT2D eigenvalue weighted by molar-refractivity contribution is -0.333. The lowest BCUT2D eigenvalue weighted by Crippen LogP contribution is -2.80. The molecule has 52 heavy (non-hydrogen) atoms. The van der Waals surface area contributed by atoms with E-state index < -0.39 is 46.6 Å². The summed E-state index contributed by atoms with van der Waals surface area (Å²) in [4.78, 5) is 62.2. The van der Waals surface area contributed by atoms with Crippen molar-refractivity contribution in [3.63, 3.8) is 0 Å². The predicted molar refractivity (Wildman–Crippen MR) is 192 cm³/mol. The van der Waals surface area contributed by atoms with Crippen molar-refractivity contribution in [1.29, 1.82) is 0 Å². The molecular formula is C42H42N4O6. The van der Waals surface area contributed by atoms with Crippen molar-refractivity contribution in [2.75, 3.05) is 27.2 Å². The highest BCUT2D eigenvalue weighted by molar-refractivity contribution is 6.03. The van der Waals surface area contributed by atoms with Crippen molar-refractivity contribution < 1.29 is 28.7 Å². The zero-order chi connectivity index (χ0) is 36.5. The van der Waals surface area contributed by atoms with Crippen LogP contribution in [0.4, 0.5) is 9.59 Å². The monoisotopic (exact) mass is 698 g/mol. The summed E-state index contributed by atoms with van der Waals surface area (Å²) in [5, 5.41) is 0. The van der Waals surface area contributed by atoms with Crippen LogP contribution in [0.2, 0.25) is 0 Å². The highest BCUT2D eigenvalue weighted by Gasteiger charge is 2.76. The van der Waals surface area contributed by atoms with Crippen LogP contribution in [0.5, 0.6) is 0 Å². The summed E-state index contributed by atoms with van der Waals surface area (Å²) in [5.41, 5.74) is -1.14. The van der Waals surface area contributed by atoms with Crippen LogP contribution in [0, 0.1) is 10.8 Å². The summed E-state index contributed by atoms with van der Waals surface area (Å²) < 4.78 is 13.2. The van der Waals surface area contributed by atoms with Gasteiger partial charge in [0.05, 0.1) is 0 Å². The van der Waals surface area contributed by atoms with E-state index in [1.54, 1.807) is 14.1 Å². The molecule has 6 amide bonds. The fourth-order valence-corrected chi connectivity index (χ4v) is 9.24. The van der Waals surface area contributed by atoms with Crippen molar-refractivity contribution in [2.24, 2.45) is 10.8 Å². The summed E-state index contributed by atoms with van der Waals surface area (Å²) in [5.74, 6) is -0.635. The molecule has 0 bridgehead atoms. The Kier molecular flexibility index (Phi) is 7.89. The van der Waals surface area contributed by atoms with Crippen LogP contribution < -0.4 is 0 Å². The Labute approximate surface area is 303 Å². The number of hydrogen-bond acceptors (Lipinski definition) is 6. The first-order valence-electron chi connectivity index (χ1n) is 17.8. The quantitative estimate of drug-likeness (QED) is 0.194. The molecule has 0 spiro atoms. The predicted octanol–water partition coefficient (Wildman–Crippen LogP) is 6.17. The summed E-state index contributed by atoms with van der Waals surface area (Å²) in [6.45, 7) is 4.00. The number of hydrogen-bond donors (Lipinski definition) is 0. The number of benzene rings is 4. The second-order valence-electron chi connectivity index (χ2n) is 14.6. The molecular weight excluding hydrogens is 656 g/mol. The molecule has 10 nitrogen and oxygen atoms in total. The second-order valence-corrected chi connectivity index (χ2v) is 14.6. The minimum absolute atomic E-state index is 0.122. The Hall–Kier alpha value is -5.32. The molecule has 0 radical (unpaired) electrons. The number of unbranched alkanes of at least 4 members (excludes halogenated alkanes) is 1. The first-order chi connectivity index (χ1) is 25.0. The highest BCUT2D eigenvalue weighted by Crippen LogP contribution is 2.64. The number of carbonyl (C=O) groups is 4. The minimum atomic E-state index is -1.12. The van der Waals surface area contributed by atoms with E-state index in [9.17, 15) is 19.2 Å². The summed E-state index contributed by atoms with van der Waals surface area (Å²) in [6.07, 6.45) is -0.736. The van der Waals surface area contributed by atoms with E-state index in [1.165, 1.54) is 19.6 Å². The van der Waals surface area contributed by atoms with Crippen molar-refractivity contribution >= 4 is 23.9 Å². The van der Waals surface area contributed by atoms with Crippen LogP contribution >= 0.6 is 0 Å². The molecule has 4 aromatic carbocycles. The number of urea groups is 2. The normalized spacial score (nSPS) is 27.5. The number of nitrogens with zero attached hydrogens (tertiary/aromatic N) is 4. The summed E-state index contributed by atoms with van der Waals surface area (Å²) in [6, 6.07) is 37.8. The van der Waals surface area contributed by atoms with Gasteiger partial charge in [-0.25, -0.2) is 9.59 Å². The lowest BCUT2D eigenvalue weighted by Gasteiger charge is -2.66. The number of amides is 6. The van der Waals surface area contributed by atoms with Crippen LogP contribution in [0.25, 0.3) is 0 Å². The van der Waals surface area contributed by atoms with Gasteiger partial charge in [-0.15, -0.1) is 0 Å². The van der Waals surface area contributed by atoms with Crippen LogP contribution in [0.1, 0.15) is 48.9 Å². The molecule has 4 aromatic rings. The van der Waals surface area contributed by atoms with Gasteiger partial charge in [-0.2, -0.15) is 0 Å². The van der Waals surface area contributed by atoms with E-state index in [1.807, 2.05) is 135 Å². The van der Waals surface area contributed by atoms with Gasteiger partial charge in [0.1, 0.15) is 22.0 Å². The Balaban J connectivity index is 1.04. The fourth-order valence-electron chi connectivity index (χ4n) is 9.24. The highest BCUT2D eigenvalue weighted by atomic mass is 16.6. The zero-order valence-electron chi connectivity index (χ0n) is 29.8. The topological polar surface area (TPSA) is 99.7 Å². The van der Waals surface area contributed by atoms with E-state index in [2.05, 4.69) is 0 Å². The third-order valence-corrected chi connectivity index (χ3v) is 11.9. The SMILES string of the molecule is CN1C(=O)N(CCCCN2C(=O)N(C)[C@@H]3OC(c4ccccc4)(c4ccccc4)[C@]3(C)C2=O)C(=O)[C@@]2(C)[C@@H]1OC2(c1ccccc1)c1ccccc1. The maximum absolute atomic E-state index is 14.6. The van der Waals surface area contributed by atoms with Crippen LogP contribution in [0.3, 0.4) is 0 Å². The Bertz CT molecular complexity index is 1800. The molecule has 4 fully saturated rings. The molecule has 4 aliphatic heterocycles. The van der Waals surface area contributed by atoms with Gasteiger partial charge >= 0.3 is 12.1 Å². The van der Waals surface area contributed by atoms with Gasteiger partial charge in [-0.05, 0) is 48.9 Å². The van der Waals surface area contributed by atoms with Gasteiger partial charge in [-0.3, -0.25) is 19.4 Å². The second kappa shape index (κ2) is 12.1. The molecule has 0 unspecified atom stereocenters. The Morgan fingerprint density at radius 1 is 0.481 bits per heavy atom. The molecule has 4 aliphatic rings. The largest absolute Gasteiger partial charge is 0.340 e. The van der Waals surface area contributed by atoms with Gasteiger partial charge in [0.2, 0.25) is 11.8 Å². The first-order valence-corrected chi connectivity index (χ1v) is 17.8. The van der Waals surface area contributed by atoms with Gasteiger partial charge in [0, 0.05) is 27.2 Å². The van der Waals surface area contributed by atoms with Crippen molar-refractivity contribution in [1.82, 2.24) is 19.6 Å². The Morgan fingerprint density at radius 2 is 0.750 bits per heavy atom. The van der Waals surface area contributed by atoms with E-state index in [0.717, 1.165) is 22.3 Å². The number of carbonyl (C=O) groups excluding carboxylic acids is 4. The molecule has 0 aromatic heterocycles. The van der Waals surface area contributed by atoms with Gasteiger partial charge in [0.15, 0.2) is 12.5 Å². The van der Waals surface area contributed by atoms with E-state index in [-0.39, 0.29) is 24.9 Å². The van der Waals surface area contributed by atoms with Crippen molar-refractivity contribution in [3.8, 4) is 0 Å². The molecule has 10 heteroatoms. The van der Waals surface area contributed by atoms with Crippen LogP contribution in [-0.4, -0.2) is 83.1 Å². The summed E-state index contributed by atoms with van der Waals surface area (Å²) in [7, 11) is 3.32. The van der Waals surface area contributed by atoms with Gasteiger partial charge < -0.3 is 19.3 Å². The first kappa shape index (κ1) is 33.8. The molecule has 266 valence electrons. The van der Waals surface area contributed by atoms with E-state index in [4.69, 9.17) is 9.47 Å². The molecule has 0 aliphatic carbocycles. The number of fused-ring (bicyclic) bond motifs is 2. The Morgan fingerprint density at radius 3 is 1.02 bits per heavy atom. The average molecular weight is 699 g/mol. The molecule has 0 saturated carbocycles. The number of ether oxygens (including phenoxy) is 2. The minimum Gasteiger partial charge on any atom is -0.340 e. The fraction of sp³-hybridized carbons (Fsp3) is 0.333. The third kappa shape index (κ3) is 4.25. The molecule has 0 N–H and O–H groups in total. The molecule has 4 saturated heterocycles. The van der Waals surface area contributed by atoms with Gasteiger partial charge in [0.25, 0.3) is 0 Å². The average Bonchev–Trinajstić information content (AvgIpc) is 3.18. The maximum atomic E-state index is 14.6. The maximum Gasteiger partial charge on any atom is 0.328 e. The van der Waals surface area contributed by atoms with Crippen molar-refractivity contribution in [3.05, 3.63) is 144 Å². The smallest absolute Gasteiger partial charge is 0.328 e. The molecule has 8 rings (SSSR count). The van der Waals surface area contributed by atoms with Crippen molar-refractivity contribution in [2.45, 2.75) is 50.3 Å². The third-order valence-electron chi connectivity index (χ3n) is 11.9. The van der Waals surface area contributed by atoms with E-state index >= 15 is 0 Å². The zero-order valence-corrected chi connectivity index (χ0v) is 29.8. The van der Waals surface area contributed by atoms with Crippen LogP contribution in [0.15, 0.2) is 121 Å². The molecule has 4 atom stereocenters. The standard InChI is InChI=1S/C42H42N4O6/c1-39-33(47)45(37(49)43(3)35(39)51-41(39,29-19-9-5-10-20-29)30-21-11-6-12-22-30)27-17-18-28-46-34(48)40(2)36(44(4)38(46)50)52-42(40,31-23-13-7-14-24-31)32-25-15-8-16-26-32/h5-16,19-26,35-36H,17-18,27-28H2,1-4H3/t35-,36+,39-,40+. The van der Waals surface area contributed by atoms with E-state index in [0.29, 0.717) is 12.8 Å². The summed E-state index contributed by atoms with van der Waals surface area (Å²) >= 11 is 0. The van der Waals surface area contributed by atoms with Crippen LogP contribution in [-0.2, 0) is 30.3 Å².